The Morgan fingerprint density at radius 2 is 1.70 bits per heavy atom. The summed E-state index contributed by atoms with van der Waals surface area (Å²) in [6.45, 7) is -0.224. The van der Waals surface area contributed by atoms with Gasteiger partial charge in [0.15, 0.2) is 0 Å². The van der Waals surface area contributed by atoms with E-state index >= 15 is 0 Å². The van der Waals surface area contributed by atoms with E-state index in [0.29, 0.717) is 10.0 Å². The lowest BCUT2D eigenvalue weighted by Gasteiger charge is -2.16. The molecule has 1 saturated heterocycles. The van der Waals surface area contributed by atoms with E-state index in [4.69, 9.17) is 23.2 Å². The summed E-state index contributed by atoms with van der Waals surface area (Å²) >= 11 is 11.7. The summed E-state index contributed by atoms with van der Waals surface area (Å²) in [5.41, 5.74) is 0.281. The fourth-order valence-electron chi connectivity index (χ4n) is 2.15. The Labute approximate surface area is 125 Å². The molecule has 20 heavy (non-hydrogen) atoms. The molecular weight excluding hydrogens is 303 g/mol. The first-order chi connectivity index (χ1) is 9.47. The van der Waals surface area contributed by atoms with Crippen LogP contribution in [0, 0.1) is 5.92 Å². The van der Waals surface area contributed by atoms with Gasteiger partial charge in [0.1, 0.15) is 6.54 Å². The molecule has 2 aliphatic rings. The Balaban J connectivity index is 1.91. The molecule has 2 fully saturated rings. The van der Waals surface area contributed by atoms with E-state index in [-0.39, 0.29) is 24.1 Å². The zero-order valence-corrected chi connectivity index (χ0v) is 11.8. The number of nitrogens with zero attached hydrogens (tertiary/aromatic N) is 2. The third-order valence-corrected chi connectivity index (χ3v) is 3.70. The topological polar surface area (TPSA) is 57.7 Å². The van der Waals surface area contributed by atoms with Crippen LogP contribution in [0.2, 0.25) is 10.0 Å². The standard InChI is InChI=1S/C13H10Cl2N2O3/c14-8-3-9(15)5-10(4-8)17-11(18)6-16(13(17)20)12(19)7-1-2-7/h3-5,7H,1-2,6H2. The molecule has 0 spiro atoms. The van der Waals surface area contributed by atoms with Gasteiger partial charge in [-0.05, 0) is 31.0 Å². The van der Waals surface area contributed by atoms with Crippen molar-refractivity contribution in [3.63, 3.8) is 0 Å². The number of hydrogen-bond acceptors (Lipinski definition) is 3. The molecular formula is C13H10Cl2N2O3. The van der Waals surface area contributed by atoms with Gasteiger partial charge in [0.25, 0.3) is 5.91 Å². The minimum absolute atomic E-state index is 0.116. The van der Waals surface area contributed by atoms with E-state index < -0.39 is 11.9 Å². The predicted molar refractivity (Wildman–Crippen MR) is 73.8 cm³/mol. The van der Waals surface area contributed by atoms with Gasteiger partial charge in [-0.25, -0.2) is 9.69 Å². The molecule has 1 aromatic rings. The second kappa shape index (κ2) is 4.75. The summed E-state index contributed by atoms with van der Waals surface area (Å²) in [6.07, 6.45) is 1.56. The minimum atomic E-state index is -0.634. The first kappa shape index (κ1) is 13.4. The van der Waals surface area contributed by atoms with Gasteiger partial charge >= 0.3 is 6.03 Å². The van der Waals surface area contributed by atoms with Crippen molar-refractivity contribution < 1.29 is 14.4 Å². The van der Waals surface area contributed by atoms with Crippen molar-refractivity contribution in [2.24, 2.45) is 5.92 Å². The Morgan fingerprint density at radius 1 is 1.10 bits per heavy atom. The lowest BCUT2D eigenvalue weighted by Crippen LogP contribution is -2.37. The molecule has 4 amide bonds. The second-order valence-corrected chi connectivity index (χ2v) is 5.71. The maximum absolute atomic E-state index is 12.2. The second-order valence-electron chi connectivity index (χ2n) is 4.84. The van der Waals surface area contributed by atoms with E-state index in [1.54, 1.807) is 0 Å². The predicted octanol–water partition coefficient (Wildman–Crippen LogP) is 2.70. The number of hydrogen-bond donors (Lipinski definition) is 0. The zero-order chi connectivity index (χ0) is 14.4. The maximum atomic E-state index is 12.2. The molecule has 0 bridgehead atoms. The van der Waals surface area contributed by atoms with Gasteiger partial charge in [-0.2, -0.15) is 0 Å². The molecule has 1 heterocycles. The van der Waals surface area contributed by atoms with Crippen molar-refractivity contribution in [1.29, 1.82) is 0 Å². The summed E-state index contributed by atoms with van der Waals surface area (Å²) in [7, 11) is 0. The van der Waals surface area contributed by atoms with Gasteiger partial charge in [0.05, 0.1) is 5.69 Å². The number of halogens is 2. The van der Waals surface area contributed by atoms with Gasteiger partial charge in [0.2, 0.25) is 5.91 Å². The monoisotopic (exact) mass is 312 g/mol. The highest BCUT2D eigenvalue weighted by Crippen LogP contribution is 2.34. The first-order valence-corrected chi connectivity index (χ1v) is 6.87. The van der Waals surface area contributed by atoms with Crippen molar-refractivity contribution in [1.82, 2.24) is 4.90 Å². The quantitative estimate of drug-likeness (QED) is 0.789. The zero-order valence-electron chi connectivity index (χ0n) is 10.3. The number of benzene rings is 1. The van der Waals surface area contributed by atoms with Crippen LogP contribution in [0.1, 0.15) is 12.8 Å². The number of anilines is 1. The van der Waals surface area contributed by atoms with Crippen LogP contribution in [-0.4, -0.2) is 29.3 Å². The highest BCUT2D eigenvalue weighted by molar-refractivity contribution is 6.35. The van der Waals surface area contributed by atoms with Crippen LogP contribution in [0.5, 0.6) is 0 Å². The molecule has 0 radical (unpaired) electrons. The lowest BCUT2D eigenvalue weighted by atomic mass is 10.3. The smallest absolute Gasteiger partial charge is 0.274 e. The number of rotatable bonds is 2. The van der Waals surface area contributed by atoms with Gasteiger partial charge in [-0.3, -0.25) is 14.5 Å². The fourth-order valence-corrected chi connectivity index (χ4v) is 2.66. The van der Waals surface area contributed by atoms with Crippen molar-refractivity contribution in [3.8, 4) is 0 Å². The van der Waals surface area contributed by atoms with E-state index in [2.05, 4.69) is 0 Å². The van der Waals surface area contributed by atoms with E-state index in [1.165, 1.54) is 18.2 Å². The first-order valence-electron chi connectivity index (χ1n) is 6.12. The molecule has 0 atom stereocenters. The van der Waals surface area contributed by atoms with Crippen LogP contribution >= 0.6 is 23.2 Å². The molecule has 0 aromatic heterocycles. The summed E-state index contributed by atoms with van der Waals surface area (Å²) in [5, 5.41) is 0.639. The molecule has 0 unspecified atom stereocenters. The minimum Gasteiger partial charge on any atom is -0.274 e. The summed E-state index contributed by atoms with van der Waals surface area (Å²) in [4.78, 5) is 38.1. The van der Waals surface area contributed by atoms with E-state index in [0.717, 1.165) is 22.6 Å². The van der Waals surface area contributed by atoms with Crippen LogP contribution in [0.3, 0.4) is 0 Å². The average molecular weight is 313 g/mol. The fraction of sp³-hybridized carbons (Fsp3) is 0.308. The average Bonchev–Trinajstić information content (AvgIpc) is 3.14. The highest BCUT2D eigenvalue weighted by atomic mass is 35.5. The van der Waals surface area contributed by atoms with Crippen LogP contribution in [0.25, 0.3) is 0 Å². The SMILES string of the molecule is O=C(C1CC1)N1CC(=O)N(c2cc(Cl)cc(Cl)c2)C1=O. The number of urea groups is 1. The van der Waals surface area contributed by atoms with E-state index in [9.17, 15) is 14.4 Å². The number of imide groups is 2. The molecule has 1 aliphatic heterocycles. The van der Waals surface area contributed by atoms with Gasteiger partial charge in [-0.1, -0.05) is 23.2 Å². The Morgan fingerprint density at radius 3 is 2.25 bits per heavy atom. The molecule has 1 aliphatic carbocycles. The number of amides is 4. The van der Waals surface area contributed by atoms with Crippen LogP contribution < -0.4 is 4.90 Å². The largest absolute Gasteiger partial charge is 0.338 e. The normalized spacial score (nSPS) is 18.9. The van der Waals surface area contributed by atoms with Crippen molar-refractivity contribution in [3.05, 3.63) is 28.2 Å². The molecule has 3 rings (SSSR count). The van der Waals surface area contributed by atoms with E-state index in [1.807, 2.05) is 0 Å². The third-order valence-electron chi connectivity index (χ3n) is 3.26. The van der Waals surface area contributed by atoms with Crippen molar-refractivity contribution in [2.75, 3.05) is 11.4 Å². The number of carbonyl (C=O) groups excluding carboxylic acids is 3. The Kier molecular flexibility index (Phi) is 3.18. The molecule has 0 N–H and O–H groups in total. The molecule has 1 aromatic carbocycles. The molecule has 7 heteroatoms. The van der Waals surface area contributed by atoms with Crippen LogP contribution in [-0.2, 0) is 9.59 Å². The Hall–Kier alpha value is -1.59. The van der Waals surface area contributed by atoms with Crippen molar-refractivity contribution >= 4 is 46.7 Å². The summed E-state index contributed by atoms with van der Waals surface area (Å²) in [5.74, 6) is -0.851. The molecule has 5 nitrogen and oxygen atoms in total. The van der Waals surface area contributed by atoms with Crippen molar-refractivity contribution in [2.45, 2.75) is 12.8 Å². The summed E-state index contributed by atoms with van der Waals surface area (Å²) in [6, 6.07) is 3.80. The Bertz CT molecular complexity index is 608. The van der Waals surface area contributed by atoms with Crippen LogP contribution in [0.15, 0.2) is 18.2 Å². The summed E-state index contributed by atoms with van der Waals surface area (Å²) < 4.78 is 0. The number of carbonyl (C=O) groups is 3. The molecule has 104 valence electrons. The molecule has 1 saturated carbocycles. The lowest BCUT2D eigenvalue weighted by molar-refractivity contribution is -0.131. The van der Waals surface area contributed by atoms with Gasteiger partial charge in [0, 0.05) is 16.0 Å². The van der Waals surface area contributed by atoms with Gasteiger partial charge < -0.3 is 0 Å². The highest BCUT2D eigenvalue weighted by Gasteiger charge is 2.45. The third kappa shape index (κ3) is 2.27. The maximum Gasteiger partial charge on any atom is 0.338 e. The van der Waals surface area contributed by atoms with Crippen LogP contribution in [0.4, 0.5) is 10.5 Å². The van der Waals surface area contributed by atoms with Gasteiger partial charge in [-0.15, -0.1) is 0 Å².